The predicted molar refractivity (Wildman–Crippen MR) is 71.9 cm³/mol. The van der Waals surface area contributed by atoms with E-state index in [4.69, 9.17) is 20.3 Å². The Kier molecular flexibility index (Phi) is 4.20. The van der Waals surface area contributed by atoms with Gasteiger partial charge in [0.25, 0.3) is 0 Å². The average molecular weight is 260 g/mol. The lowest BCUT2D eigenvalue weighted by atomic mass is 10.2. The Hall–Kier alpha value is -2.27. The van der Waals surface area contributed by atoms with Gasteiger partial charge < -0.3 is 20.3 Å². The van der Waals surface area contributed by atoms with Crippen LogP contribution in [0, 0.1) is 0 Å². The molecule has 2 rings (SSSR count). The van der Waals surface area contributed by atoms with Gasteiger partial charge in [0, 0.05) is 11.9 Å². The van der Waals surface area contributed by atoms with Gasteiger partial charge in [-0.2, -0.15) is 0 Å². The Balaban J connectivity index is 2.11. The molecule has 0 saturated carbocycles. The molecule has 1 aromatic heterocycles. The van der Waals surface area contributed by atoms with Gasteiger partial charge in [-0.1, -0.05) is 6.07 Å². The number of rotatable bonds is 5. The summed E-state index contributed by atoms with van der Waals surface area (Å²) in [6.45, 7) is 0.271. The number of aliphatic hydroxyl groups excluding tert-OH is 1. The van der Waals surface area contributed by atoms with Crippen LogP contribution in [0.4, 0.5) is 5.69 Å². The summed E-state index contributed by atoms with van der Waals surface area (Å²) in [5.74, 6) is 1.18. The van der Waals surface area contributed by atoms with Crippen LogP contribution in [0.1, 0.15) is 11.3 Å². The normalized spacial score (nSPS) is 10.2. The molecule has 0 atom stereocenters. The number of nitrogens with zero attached hydrogens (tertiary/aromatic N) is 1. The largest absolute Gasteiger partial charge is 0.493 e. The Labute approximate surface area is 111 Å². The van der Waals surface area contributed by atoms with Crippen molar-refractivity contribution in [3.05, 3.63) is 47.8 Å². The molecule has 0 aliphatic rings. The van der Waals surface area contributed by atoms with E-state index in [1.165, 1.54) is 0 Å². The minimum absolute atomic E-state index is 0.0343. The van der Waals surface area contributed by atoms with Gasteiger partial charge in [0.15, 0.2) is 11.5 Å². The van der Waals surface area contributed by atoms with E-state index in [-0.39, 0.29) is 6.61 Å². The van der Waals surface area contributed by atoms with Crippen LogP contribution in [0.2, 0.25) is 0 Å². The first-order valence-electron chi connectivity index (χ1n) is 5.84. The van der Waals surface area contributed by atoms with Crippen molar-refractivity contribution in [2.45, 2.75) is 13.2 Å². The number of nitrogens with two attached hydrogens (primary N) is 1. The summed E-state index contributed by atoms with van der Waals surface area (Å²) in [5.41, 5.74) is 7.84. The van der Waals surface area contributed by atoms with Crippen LogP contribution in [0.25, 0.3) is 0 Å². The SMILES string of the molecule is COc1cc(CO)ccc1OCc1cc(N)ccn1. The molecule has 0 amide bonds. The summed E-state index contributed by atoms with van der Waals surface area (Å²) in [4.78, 5) is 4.16. The molecular weight excluding hydrogens is 244 g/mol. The minimum atomic E-state index is -0.0343. The molecule has 0 aliphatic heterocycles. The lowest BCUT2D eigenvalue weighted by Gasteiger charge is -2.11. The molecule has 5 nitrogen and oxygen atoms in total. The number of nitrogen functional groups attached to an aromatic ring is 1. The fourth-order valence-electron chi connectivity index (χ4n) is 1.66. The molecule has 0 saturated heterocycles. The minimum Gasteiger partial charge on any atom is -0.493 e. The summed E-state index contributed by atoms with van der Waals surface area (Å²) < 4.78 is 10.9. The smallest absolute Gasteiger partial charge is 0.161 e. The van der Waals surface area contributed by atoms with Crippen LogP contribution in [0.3, 0.4) is 0 Å². The molecule has 2 aromatic rings. The highest BCUT2D eigenvalue weighted by molar-refractivity contribution is 5.43. The zero-order valence-electron chi connectivity index (χ0n) is 10.7. The van der Waals surface area contributed by atoms with Crippen LogP contribution in [0.15, 0.2) is 36.5 Å². The average Bonchev–Trinajstić information content (AvgIpc) is 2.45. The van der Waals surface area contributed by atoms with Crippen molar-refractivity contribution < 1.29 is 14.6 Å². The van der Waals surface area contributed by atoms with Crippen molar-refractivity contribution in [3.63, 3.8) is 0 Å². The third-order valence-electron chi connectivity index (χ3n) is 2.63. The van der Waals surface area contributed by atoms with Crippen molar-refractivity contribution in [1.82, 2.24) is 4.98 Å². The predicted octanol–water partition coefficient (Wildman–Crippen LogP) is 1.74. The van der Waals surface area contributed by atoms with E-state index in [1.54, 1.807) is 43.6 Å². The molecule has 0 radical (unpaired) electrons. The van der Waals surface area contributed by atoms with Gasteiger partial charge in [-0.15, -0.1) is 0 Å². The van der Waals surface area contributed by atoms with E-state index in [9.17, 15) is 0 Å². The fourth-order valence-corrected chi connectivity index (χ4v) is 1.66. The summed E-state index contributed by atoms with van der Waals surface area (Å²) in [6, 6.07) is 8.76. The van der Waals surface area contributed by atoms with Gasteiger partial charge in [-0.3, -0.25) is 4.98 Å². The van der Waals surface area contributed by atoms with Gasteiger partial charge in [0.1, 0.15) is 6.61 Å². The maximum atomic E-state index is 9.07. The fraction of sp³-hybridized carbons (Fsp3) is 0.214. The van der Waals surface area contributed by atoms with Crippen LogP contribution >= 0.6 is 0 Å². The van der Waals surface area contributed by atoms with Gasteiger partial charge in [0.05, 0.1) is 19.4 Å². The second-order valence-corrected chi connectivity index (χ2v) is 4.01. The molecule has 100 valence electrons. The quantitative estimate of drug-likeness (QED) is 0.856. The molecule has 5 heteroatoms. The van der Waals surface area contributed by atoms with Crippen molar-refractivity contribution in [3.8, 4) is 11.5 Å². The molecule has 0 aliphatic carbocycles. The highest BCUT2D eigenvalue weighted by Crippen LogP contribution is 2.28. The Morgan fingerprint density at radius 1 is 1.21 bits per heavy atom. The van der Waals surface area contributed by atoms with Crippen LogP contribution in [0.5, 0.6) is 11.5 Å². The number of pyridine rings is 1. The molecule has 1 aromatic carbocycles. The summed E-state index contributed by atoms with van der Waals surface area (Å²) in [7, 11) is 1.56. The number of hydrogen-bond donors (Lipinski definition) is 2. The summed E-state index contributed by atoms with van der Waals surface area (Å²) >= 11 is 0. The third kappa shape index (κ3) is 3.35. The van der Waals surface area contributed by atoms with E-state index in [2.05, 4.69) is 4.98 Å². The molecule has 0 unspecified atom stereocenters. The highest BCUT2D eigenvalue weighted by atomic mass is 16.5. The third-order valence-corrected chi connectivity index (χ3v) is 2.63. The number of hydrogen-bond acceptors (Lipinski definition) is 5. The number of methoxy groups -OCH3 is 1. The van der Waals surface area contributed by atoms with E-state index >= 15 is 0 Å². The summed E-state index contributed by atoms with van der Waals surface area (Å²) in [6.07, 6.45) is 1.64. The molecule has 19 heavy (non-hydrogen) atoms. The number of anilines is 1. The molecule has 3 N–H and O–H groups in total. The Morgan fingerprint density at radius 3 is 2.74 bits per heavy atom. The monoisotopic (exact) mass is 260 g/mol. The second-order valence-electron chi connectivity index (χ2n) is 4.01. The maximum Gasteiger partial charge on any atom is 0.161 e. The lowest BCUT2D eigenvalue weighted by Crippen LogP contribution is -2.01. The first-order valence-corrected chi connectivity index (χ1v) is 5.84. The molecule has 0 bridgehead atoms. The number of aromatic nitrogens is 1. The number of aliphatic hydroxyl groups is 1. The molecule has 0 fully saturated rings. The topological polar surface area (TPSA) is 77.6 Å². The standard InChI is InChI=1S/C14H16N2O3/c1-18-14-6-10(8-17)2-3-13(14)19-9-12-7-11(15)4-5-16-12/h2-7,17H,8-9H2,1H3,(H2,15,16). The summed E-state index contributed by atoms with van der Waals surface area (Å²) in [5, 5.41) is 9.07. The Bertz CT molecular complexity index is 558. The zero-order valence-corrected chi connectivity index (χ0v) is 10.7. The number of ether oxygens (including phenoxy) is 2. The first kappa shape index (κ1) is 13.2. The van der Waals surface area contributed by atoms with Gasteiger partial charge in [-0.05, 0) is 29.8 Å². The van der Waals surface area contributed by atoms with Crippen LogP contribution < -0.4 is 15.2 Å². The number of benzene rings is 1. The second kappa shape index (κ2) is 6.06. The van der Waals surface area contributed by atoms with Gasteiger partial charge in [0.2, 0.25) is 0 Å². The van der Waals surface area contributed by atoms with Crippen LogP contribution in [-0.2, 0) is 13.2 Å². The van der Waals surface area contributed by atoms with E-state index in [0.29, 0.717) is 23.8 Å². The first-order chi connectivity index (χ1) is 9.22. The van der Waals surface area contributed by atoms with Gasteiger partial charge >= 0.3 is 0 Å². The Morgan fingerprint density at radius 2 is 2.05 bits per heavy atom. The molecule has 1 heterocycles. The molecular formula is C14H16N2O3. The van der Waals surface area contributed by atoms with Crippen molar-refractivity contribution in [2.75, 3.05) is 12.8 Å². The van der Waals surface area contributed by atoms with Crippen molar-refractivity contribution >= 4 is 5.69 Å². The molecule has 0 spiro atoms. The van der Waals surface area contributed by atoms with E-state index in [1.807, 2.05) is 0 Å². The van der Waals surface area contributed by atoms with E-state index < -0.39 is 0 Å². The van der Waals surface area contributed by atoms with Crippen molar-refractivity contribution in [1.29, 1.82) is 0 Å². The maximum absolute atomic E-state index is 9.07. The van der Waals surface area contributed by atoms with Crippen LogP contribution in [-0.4, -0.2) is 17.2 Å². The zero-order chi connectivity index (χ0) is 13.7. The van der Waals surface area contributed by atoms with E-state index in [0.717, 1.165) is 11.3 Å². The van der Waals surface area contributed by atoms with Gasteiger partial charge in [-0.25, -0.2) is 0 Å². The highest BCUT2D eigenvalue weighted by Gasteiger charge is 2.06. The van der Waals surface area contributed by atoms with Crippen molar-refractivity contribution in [2.24, 2.45) is 0 Å². The lowest BCUT2D eigenvalue weighted by molar-refractivity contribution is 0.272.